The molecule has 0 atom stereocenters. The summed E-state index contributed by atoms with van der Waals surface area (Å²) in [6, 6.07) is 12.8. The average molecular weight is 436 g/mol. The van der Waals surface area contributed by atoms with Crippen LogP contribution in [-0.4, -0.2) is 46.1 Å². The van der Waals surface area contributed by atoms with Crippen LogP contribution in [-0.2, 0) is 11.3 Å². The number of carbonyl (C=O) groups is 2. The molecule has 3 N–H and O–H groups in total. The van der Waals surface area contributed by atoms with Gasteiger partial charge in [-0.1, -0.05) is 6.07 Å². The Balaban J connectivity index is 0.000000423. The van der Waals surface area contributed by atoms with Gasteiger partial charge in [0.25, 0.3) is 5.91 Å². The summed E-state index contributed by atoms with van der Waals surface area (Å²) in [7, 11) is 0. The van der Waals surface area contributed by atoms with Gasteiger partial charge in [-0.05, 0) is 36.8 Å². The van der Waals surface area contributed by atoms with Crippen LogP contribution in [0.1, 0.15) is 21.6 Å². The number of nitrogens with zero attached hydrogens (tertiary/aromatic N) is 3. The fourth-order valence-corrected chi connectivity index (χ4v) is 2.60. The molecule has 0 saturated carbocycles. The van der Waals surface area contributed by atoms with E-state index in [0.717, 1.165) is 11.3 Å². The molecule has 1 amide bonds. The van der Waals surface area contributed by atoms with Crippen LogP contribution in [0, 0.1) is 24.2 Å². The molecule has 1 aromatic heterocycles. The third-order valence-electron chi connectivity index (χ3n) is 4.12. The van der Waals surface area contributed by atoms with Crippen molar-refractivity contribution in [2.24, 2.45) is 11.7 Å². The highest BCUT2D eigenvalue weighted by molar-refractivity contribution is 5.95. The molecule has 2 aromatic rings. The third-order valence-corrected chi connectivity index (χ3v) is 4.12. The number of pyridine rings is 1. The molecule has 1 aliphatic rings. The predicted molar refractivity (Wildman–Crippen MR) is 102 cm³/mol. The van der Waals surface area contributed by atoms with Gasteiger partial charge in [0.05, 0.1) is 12.0 Å². The number of carboxylic acid groups (broad SMARTS) is 1. The normalized spacial score (nSPS) is 13.4. The molecule has 0 aliphatic carbocycles. The lowest BCUT2D eigenvalue weighted by Crippen LogP contribution is -2.49. The largest absolute Gasteiger partial charge is 0.490 e. The first-order valence-corrected chi connectivity index (χ1v) is 8.98. The molecule has 0 unspecified atom stereocenters. The van der Waals surface area contributed by atoms with Crippen LogP contribution in [0.2, 0.25) is 0 Å². The quantitative estimate of drug-likeness (QED) is 0.754. The van der Waals surface area contributed by atoms with Crippen molar-refractivity contribution in [1.82, 2.24) is 9.88 Å². The second-order valence-corrected chi connectivity index (χ2v) is 6.63. The number of carboxylic acids is 1. The molecule has 3 rings (SSSR count). The highest BCUT2D eigenvalue weighted by Crippen LogP contribution is 2.24. The minimum atomic E-state index is -5.08. The molecule has 1 aromatic carbocycles. The summed E-state index contributed by atoms with van der Waals surface area (Å²) >= 11 is 0. The zero-order valence-electron chi connectivity index (χ0n) is 16.4. The van der Waals surface area contributed by atoms with Crippen molar-refractivity contribution in [3.8, 4) is 17.7 Å². The second kappa shape index (κ2) is 9.90. The molecule has 0 spiro atoms. The summed E-state index contributed by atoms with van der Waals surface area (Å²) in [5.41, 5.74) is 7.96. The second-order valence-electron chi connectivity index (χ2n) is 6.63. The Morgan fingerprint density at radius 2 is 1.97 bits per heavy atom. The van der Waals surface area contributed by atoms with Gasteiger partial charge in [0, 0.05) is 37.0 Å². The van der Waals surface area contributed by atoms with Gasteiger partial charge < -0.3 is 20.5 Å². The van der Waals surface area contributed by atoms with Crippen LogP contribution < -0.4 is 10.5 Å². The first kappa shape index (κ1) is 23.6. The van der Waals surface area contributed by atoms with Crippen molar-refractivity contribution < 1.29 is 32.6 Å². The number of nitrogens with two attached hydrogens (primary N) is 1. The van der Waals surface area contributed by atoms with Crippen LogP contribution in [0.5, 0.6) is 11.6 Å². The van der Waals surface area contributed by atoms with E-state index in [2.05, 4.69) is 11.1 Å². The molecule has 8 nitrogen and oxygen atoms in total. The lowest BCUT2D eigenvalue weighted by atomic mass is 10.0. The number of hydrogen-bond donors (Lipinski definition) is 2. The van der Waals surface area contributed by atoms with Gasteiger partial charge in [0.15, 0.2) is 0 Å². The Labute approximate surface area is 175 Å². The summed E-state index contributed by atoms with van der Waals surface area (Å²) in [6.07, 6.45) is -5.08. The first-order valence-electron chi connectivity index (χ1n) is 8.98. The monoisotopic (exact) mass is 436 g/mol. The van der Waals surface area contributed by atoms with E-state index in [4.69, 9.17) is 25.6 Å². The van der Waals surface area contributed by atoms with Crippen molar-refractivity contribution in [1.29, 1.82) is 5.26 Å². The molecule has 164 valence electrons. The number of ether oxygens (including phenoxy) is 1. The number of aromatic nitrogens is 1. The van der Waals surface area contributed by atoms with E-state index in [1.165, 1.54) is 0 Å². The molecule has 0 radical (unpaired) electrons. The molecule has 1 fully saturated rings. The van der Waals surface area contributed by atoms with Gasteiger partial charge in [-0.25, -0.2) is 9.78 Å². The van der Waals surface area contributed by atoms with Crippen LogP contribution >= 0.6 is 0 Å². The Bertz CT molecular complexity index is 999. The summed E-state index contributed by atoms with van der Waals surface area (Å²) in [6.45, 7) is 3.26. The number of hydrogen-bond acceptors (Lipinski definition) is 6. The number of aryl methyl sites for hydroxylation is 1. The van der Waals surface area contributed by atoms with Crippen LogP contribution in [0.4, 0.5) is 13.2 Å². The highest BCUT2D eigenvalue weighted by Gasteiger charge is 2.38. The molecule has 31 heavy (non-hydrogen) atoms. The zero-order valence-corrected chi connectivity index (χ0v) is 16.4. The molecule has 2 heterocycles. The standard InChI is InChI=1S/C18H18N4O2.C2HF3O2/c1-12-5-13(8-19)6-17(21-12)24-16-4-2-3-15(7-16)18(23)22-10-14(9-20)11-22;3-2(4,5)1(6)7/h2-7,14H,8,10-11,19H2,1H3;(H,6,7). The van der Waals surface area contributed by atoms with Gasteiger partial charge >= 0.3 is 12.1 Å². The van der Waals surface area contributed by atoms with E-state index in [0.29, 0.717) is 36.8 Å². The molecule has 1 saturated heterocycles. The first-order chi connectivity index (χ1) is 14.5. The maximum absolute atomic E-state index is 12.4. The Morgan fingerprint density at radius 3 is 2.52 bits per heavy atom. The number of likely N-dealkylation sites (tertiary alicyclic amines) is 1. The fraction of sp³-hybridized carbons (Fsp3) is 0.300. The Hall–Kier alpha value is -3.65. The van der Waals surface area contributed by atoms with Gasteiger partial charge in [-0.15, -0.1) is 0 Å². The van der Waals surface area contributed by atoms with E-state index >= 15 is 0 Å². The summed E-state index contributed by atoms with van der Waals surface area (Å²) < 4.78 is 37.5. The van der Waals surface area contributed by atoms with E-state index in [1.54, 1.807) is 35.2 Å². The number of amides is 1. The number of alkyl halides is 3. The number of benzene rings is 1. The van der Waals surface area contributed by atoms with Gasteiger partial charge in [-0.3, -0.25) is 4.79 Å². The number of aliphatic carboxylic acids is 1. The van der Waals surface area contributed by atoms with Crippen LogP contribution in [0.3, 0.4) is 0 Å². The van der Waals surface area contributed by atoms with Crippen molar-refractivity contribution in [3.05, 3.63) is 53.2 Å². The van der Waals surface area contributed by atoms with E-state index in [1.807, 2.05) is 13.0 Å². The van der Waals surface area contributed by atoms with Crippen LogP contribution in [0.25, 0.3) is 0 Å². The predicted octanol–water partition coefficient (Wildman–Crippen LogP) is 2.87. The summed E-state index contributed by atoms with van der Waals surface area (Å²) in [4.78, 5) is 27.3. The SMILES string of the molecule is Cc1cc(CN)cc(Oc2cccc(C(=O)N3CC(C#N)C3)c2)n1.O=C(O)C(F)(F)F. The third kappa shape index (κ3) is 6.68. The molecular formula is C20H19F3N4O4. The lowest BCUT2D eigenvalue weighted by Gasteiger charge is -2.35. The maximum atomic E-state index is 12.4. The van der Waals surface area contributed by atoms with E-state index < -0.39 is 12.1 Å². The Kier molecular flexibility index (Phi) is 7.55. The van der Waals surface area contributed by atoms with Crippen molar-refractivity contribution in [2.75, 3.05) is 13.1 Å². The number of rotatable bonds is 4. The van der Waals surface area contributed by atoms with Gasteiger partial charge in [0.1, 0.15) is 5.75 Å². The smallest absolute Gasteiger partial charge is 0.475 e. The van der Waals surface area contributed by atoms with Crippen molar-refractivity contribution in [2.45, 2.75) is 19.6 Å². The Morgan fingerprint density at radius 1 is 1.32 bits per heavy atom. The zero-order chi connectivity index (χ0) is 23.2. The van der Waals surface area contributed by atoms with E-state index in [-0.39, 0.29) is 11.8 Å². The number of halogens is 3. The summed E-state index contributed by atoms with van der Waals surface area (Å²) in [5, 5.41) is 15.9. The number of nitriles is 1. The molecular weight excluding hydrogens is 417 g/mol. The van der Waals surface area contributed by atoms with E-state index in [9.17, 15) is 18.0 Å². The number of carbonyl (C=O) groups excluding carboxylic acids is 1. The minimum Gasteiger partial charge on any atom is -0.475 e. The van der Waals surface area contributed by atoms with Crippen molar-refractivity contribution in [3.63, 3.8) is 0 Å². The summed E-state index contributed by atoms with van der Waals surface area (Å²) in [5.74, 6) is -1.91. The topological polar surface area (TPSA) is 130 Å². The van der Waals surface area contributed by atoms with Gasteiger partial charge in [0.2, 0.25) is 5.88 Å². The molecule has 0 bridgehead atoms. The average Bonchev–Trinajstić information content (AvgIpc) is 2.66. The highest BCUT2D eigenvalue weighted by atomic mass is 19.4. The van der Waals surface area contributed by atoms with Crippen molar-refractivity contribution >= 4 is 11.9 Å². The molecule has 1 aliphatic heterocycles. The molecule has 11 heteroatoms. The van der Waals surface area contributed by atoms with Crippen LogP contribution in [0.15, 0.2) is 36.4 Å². The fourth-order valence-electron chi connectivity index (χ4n) is 2.60. The van der Waals surface area contributed by atoms with Gasteiger partial charge in [-0.2, -0.15) is 18.4 Å². The maximum Gasteiger partial charge on any atom is 0.490 e. The lowest BCUT2D eigenvalue weighted by molar-refractivity contribution is -0.192. The minimum absolute atomic E-state index is 0.0560.